The minimum atomic E-state index is -3.79. The van der Waals surface area contributed by atoms with Gasteiger partial charge in [-0.15, -0.1) is 0 Å². The van der Waals surface area contributed by atoms with E-state index >= 15 is 0 Å². The van der Waals surface area contributed by atoms with Gasteiger partial charge in [0.15, 0.2) is 0 Å². The van der Waals surface area contributed by atoms with E-state index in [1.807, 2.05) is 6.07 Å². The van der Waals surface area contributed by atoms with Gasteiger partial charge in [0.2, 0.25) is 0 Å². The zero-order valence-corrected chi connectivity index (χ0v) is 12.6. The van der Waals surface area contributed by atoms with Crippen molar-refractivity contribution in [2.75, 3.05) is 11.8 Å². The quantitative estimate of drug-likeness (QED) is 0.894. The first kappa shape index (κ1) is 14.9. The highest BCUT2D eigenvalue weighted by atomic mass is 32.2. The number of hydrogen-bond acceptors (Lipinski definition) is 5. The van der Waals surface area contributed by atoms with Crippen LogP contribution >= 0.6 is 0 Å². The van der Waals surface area contributed by atoms with E-state index in [4.69, 9.17) is 10.00 Å². The van der Waals surface area contributed by atoms with Crippen molar-refractivity contribution >= 4 is 15.7 Å². The molecule has 0 radical (unpaired) electrons. The summed E-state index contributed by atoms with van der Waals surface area (Å²) in [6.45, 7) is 3.23. The molecule has 8 heteroatoms. The number of sulfonamides is 1. The molecule has 0 bridgehead atoms. The van der Waals surface area contributed by atoms with Crippen LogP contribution in [0.25, 0.3) is 0 Å². The summed E-state index contributed by atoms with van der Waals surface area (Å²) < 4.78 is 32.4. The predicted octanol–water partition coefficient (Wildman–Crippen LogP) is 1.71. The smallest absolute Gasteiger partial charge is 0.265 e. The Kier molecular flexibility index (Phi) is 3.86. The summed E-state index contributed by atoms with van der Waals surface area (Å²) in [4.78, 5) is 0.105. The van der Waals surface area contributed by atoms with Gasteiger partial charge in [-0.05, 0) is 26.0 Å². The highest BCUT2D eigenvalue weighted by molar-refractivity contribution is 7.92. The second kappa shape index (κ2) is 5.46. The van der Waals surface area contributed by atoms with Crippen LogP contribution in [-0.4, -0.2) is 25.7 Å². The van der Waals surface area contributed by atoms with Crippen molar-refractivity contribution in [2.45, 2.75) is 18.7 Å². The molecule has 0 aliphatic carbocycles. The normalized spacial score (nSPS) is 11.0. The largest absolute Gasteiger partial charge is 0.495 e. The lowest BCUT2D eigenvalue weighted by Crippen LogP contribution is -2.15. The van der Waals surface area contributed by atoms with E-state index in [0.717, 1.165) is 0 Å². The number of nitriles is 1. The average molecular weight is 306 g/mol. The first-order valence-electron chi connectivity index (χ1n) is 6.01. The van der Waals surface area contributed by atoms with Crippen molar-refractivity contribution in [3.63, 3.8) is 0 Å². The van der Waals surface area contributed by atoms with Crippen LogP contribution in [0.15, 0.2) is 23.1 Å². The summed E-state index contributed by atoms with van der Waals surface area (Å²) >= 11 is 0. The molecular weight excluding hydrogens is 292 g/mol. The van der Waals surface area contributed by atoms with Crippen LogP contribution in [0.4, 0.5) is 5.69 Å². The first-order valence-corrected chi connectivity index (χ1v) is 7.50. The van der Waals surface area contributed by atoms with Crippen molar-refractivity contribution in [1.29, 1.82) is 5.26 Å². The van der Waals surface area contributed by atoms with E-state index in [2.05, 4.69) is 14.9 Å². The molecular formula is C13H14N4O3S. The molecule has 1 aromatic carbocycles. The molecule has 0 aliphatic rings. The van der Waals surface area contributed by atoms with E-state index in [-0.39, 0.29) is 16.3 Å². The van der Waals surface area contributed by atoms with Crippen molar-refractivity contribution in [1.82, 2.24) is 10.2 Å². The monoisotopic (exact) mass is 306 g/mol. The fraction of sp³-hybridized carbons (Fsp3) is 0.231. The first-order chi connectivity index (χ1) is 9.89. The summed E-state index contributed by atoms with van der Waals surface area (Å²) in [5, 5.41) is 15.4. The van der Waals surface area contributed by atoms with Gasteiger partial charge in [-0.2, -0.15) is 10.4 Å². The standard InChI is InChI=1S/C13H14N4O3S/c1-8-13(9(2)16-15-8)21(18,19)17-11-5-4-10(7-14)6-12(11)20-3/h4-6,17H,1-3H3,(H,15,16). The summed E-state index contributed by atoms with van der Waals surface area (Å²) in [6, 6.07) is 6.43. The van der Waals surface area contributed by atoms with Crippen LogP contribution in [-0.2, 0) is 10.0 Å². The molecule has 0 saturated heterocycles. The minimum absolute atomic E-state index is 0.105. The van der Waals surface area contributed by atoms with Crippen LogP contribution in [0, 0.1) is 25.2 Å². The Morgan fingerprint density at radius 3 is 2.62 bits per heavy atom. The van der Waals surface area contributed by atoms with E-state index in [1.54, 1.807) is 13.8 Å². The third kappa shape index (κ3) is 2.83. The van der Waals surface area contributed by atoms with Crippen LogP contribution in [0.5, 0.6) is 5.75 Å². The molecule has 2 aromatic rings. The minimum Gasteiger partial charge on any atom is -0.495 e. The Bertz CT molecular complexity index is 799. The summed E-state index contributed by atoms with van der Waals surface area (Å²) in [5.74, 6) is 0.274. The zero-order chi connectivity index (χ0) is 15.6. The van der Waals surface area contributed by atoms with Gasteiger partial charge < -0.3 is 4.74 Å². The van der Waals surface area contributed by atoms with Gasteiger partial charge in [-0.1, -0.05) is 0 Å². The second-order valence-electron chi connectivity index (χ2n) is 4.40. The van der Waals surface area contributed by atoms with Gasteiger partial charge in [0.05, 0.1) is 35.8 Å². The van der Waals surface area contributed by atoms with Gasteiger partial charge in [-0.25, -0.2) is 8.42 Å². The number of aryl methyl sites for hydroxylation is 2. The molecule has 1 heterocycles. The third-order valence-corrected chi connectivity index (χ3v) is 4.53. The van der Waals surface area contributed by atoms with E-state index in [1.165, 1.54) is 25.3 Å². The highest BCUT2D eigenvalue weighted by Crippen LogP contribution is 2.29. The Morgan fingerprint density at radius 1 is 1.38 bits per heavy atom. The highest BCUT2D eigenvalue weighted by Gasteiger charge is 2.23. The number of hydrogen-bond donors (Lipinski definition) is 2. The van der Waals surface area contributed by atoms with E-state index in [0.29, 0.717) is 17.0 Å². The van der Waals surface area contributed by atoms with Crippen LogP contribution in [0.3, 0.4) is 0 Å². The fourth-order valence-corrected chi connectivity index (χ4v) is 3.42. The number of rotatable bonds is 4. The Morgan fingerprint density at radius 2 is 2.10 bits per heavy atom. The van der Waals surface area contributed by atoms with Gasteiger partial charge in [-0.3, -0.25) is 9.82 Å². The average Bonchev–Trinajstić information content (AvgIpc) is 2.78. The molecule has 2 N–H and O–H groups in total. The lowest BCUT2D eigenvalue weighted by atomic mass is 10.2. The molecule has 0 amide bonds. The lowest BCUT2D eigenvalue weighted by molar-refractivity contribution is 0.416. The number of ether oxygens (including phenoxy) is 1. The number of anilines is 1. The second-order valence-corrected chi connectivity index (χ2v) is 6.01. The Labute approximate surface area is 122 Å². The number of methoxy groups -OCH3 is 1. The maximum Gasteiger partial charge on any atom is 0.265 e. The molecule has 2 rings (SSSR count). The molecule has 0 saturated carbocycles. The number of aromatic nitrogens is 2. The summed E-state index contributed by atoms with van der Waals surface area (Å²) in [7, 11) is -2.38. The van der Waals surface area contributed by atoms with E-state index in [9.17, 15) is 8.42 Å². The molecule has 110 valence electrons. The maximum atomic E-state index is 12.4. The zero-order valence-electron chi connectivity index (χ0n) is 11.8. The van der Waals surface area contributed by atoms with Gasteiger partial charge in [0.25, 0.3) is 10.0 Å². The molecule has 0 atom stereocenters. The SMILES string of the molecule is COc1cc(C#N)ccc1NS(=O)(=O)c1c(C)n[nH]c1C. The predicted molar refractivity (Wildman–Crippen MR) is 76.6 cm³/mol. The molecule has 21 heavy (non-hydrogen) atoms. The fourth-order valence-electron chi connectivity index (χ4n) is 1.98. The number of nitrogens with zero attached hydrogens (tertiary/aromatic N) is 2. The number of H-pyrrole nitrogens is 1. The van der Waals surface area contributed by atoms with Crippen LogP contribution in [0.2, 0.25) is 0 Å². The molecule has 1 aromatic heterocycles. The van der Waals surface area contributed by atoms with Crippen molar-refractivity contribution < 1.29 is 13.2 Å². The Hall–Kier alpha value is -2.53. The van der Waals surface area contributed by atoms with Gasteiger partial charge in [0.1, 0.15) is 10.6 Å². The van der Waals surface area contributed by atoms with Gasteiger partial charge >= 0.3 is 0 Å². The molecule has 0 aliphatic heterocycles. The Balaban J connectivity index is 2.45. The maximum absolute atomic E-state index is 12.4. The third-order valence-electron chi connectivity index (χ3n) is 2.90. The van der Waals surface area contributed by atoms with Crippen molar-refractivity contribution in [3.8, 4) is 11.8 Å². The van der Waals surface area contributed by atoms with Crippen molar-refractivity contribution in [2.24, 2.45) is 0 Å². The van der Waals surface area contributed by atoms with Gasteiger partial charge in [0, 0.05) is 6.07 Å². The molecule has 0 spiro atoms. The van der Waals surface area contributed by atoms with E-state index < -0.39 is 10.0 Å². The topological polar surface area (TPSA) is 108 Å². The molecule has 0 fully saturated rings. The lowest BCUT2D eigenvalue weighted by Gasteiger charge is -2.12. The number of benzene rings is 1. The molecule has 7 nitrogen and oxygen atoms in total. The van der Waals surface area contributed by atoms with Crippen molar-refractivity contribution in [3.05, 3.63) is 35.2 Å². The number of aromatic amines is 1. The van der Waals surface area contributed by atoms with Crippen LogP contribution in [0.1, 0.15) is 17.0 Å². The van der Waals surface area contributed by atoms with Crippen LogP contribution < -0.4 is 9.46 Å². The number of nitrogens with one attached hydrogen (secondary N) is 2. The molecule has 0 unspecified atom stereocenters. The summed E-state index contributed by atoms with van der Waals surface area (Å²) in [5.41, 5.74) is 1.47. The summed E-state index contributed by atoms with van der Waals surface area (Å²) in [6.07, 6.45) is 0.